The van der Waals surface area contributed by atoms with Gasteiger partial charge in [-0.25, -0.2) is 8.42 Å². The molecule has 1 N–H and O–H groups in total. The molecule has 0 radical (unpaired) electrons. The number of hydrogen-bond acceptors (Lipinski definition) is 4. The van der Waals surface area contributed by atoms with Crippen LogP contribution in [0.4, 0.5) is 5.69 Å². The van der Waals surface area contributed by atoms with Crippen LogP contribution in [0.2, 0.25) is 5.02 Å². The van der Waals surface area contributed by atoms with Crippen molar-refractivity contribution in [2.75, 3.05) is 23.9 Å². The van der Waals surface area contributed by atoms with E-state index in [1.807, 2.05) is 19.1 Å². The Morgan fingerprint density at radius 2 is 1.56 bits per heavy atom. The van der Waals surface area contributed by atoms with Crippen LogP contribution in [0.15, 0.2) is 77.7 Å². The molecule has 1 amide bonds. The highest BCUT2D eigenvalue weighted by atomic mass is 35.5. The van der Waals surface area contributed by atoms with Gasteiger partial charge in [0.1, 0.15) is 6.54 Å². The van der Waals surface area contributed by atoms with E-state index in [2.05, 4.69) is 22.3 Å². The zero-order valence-corrected chi connectivity index (χ0v) is 22.1. The Balaban J connectivity index is 1.44. The molecular formula is C28H32ClN3O3S. The van der Waals surface area contributed by atoms with Gasteiger partial charge in [-0.1, -0.05) is 72.1 Å². The number of benzene rings is 3. The smallest absolute Gasteiger partial charge is 0.264 e. The zero-order valence-electron chi connectivity index (χ0n) is 20.5. The van der Waals surface area contributed by atoms with Crippen LogP contribution in [0.3, 0.4) is 0 Å². The summed E-state index contributed by atoms with van der Waals surface area (Å²) in [7, 11) is -4.01. The van der Waals surface area contributed by atoms with Crippen molar-refractivity contribution in [2.45, 2.75) is 44.2 Å². The first kappa shape index (κ1) is 26.2. The number of sulfonamides is 1. The normalized spacial score (nSPS) is 14.4. The predicted molar refractivity (Wildman–Crippen MR) is 145 cm³/mol. The molecule has 6 nitrogen and oxygen atoms in total. The van der Waals surface area contributed by atoms with E-state index in [-0.39, 0.29) is 22.2 Å². The van der Waals surface area contributed by atoms with Crippen LogP contribution in [0.25, 0.3) is 0 Å². The van der Waals surface area contributed by atoms with Gasteiger partial charge >= 0.3 is 0 Å². The molecular weight excluding hydrogens is 494 g/mol. The van der Waals surface area contributed by atoms with Gasteiger partial charge in [0.05, 0.1) is 15.6 Å². The second-order valence-electron chi connectivity index (χ2n) is 9.21. The Morgan fingerprint density at radius 1 is 0.917 bits per heavy atom. The fourth-order valence-corrected chi connectivity index (χ4v) is 6.04. The topological polar surface area (TPSA) is 69.7 Å². The molecule has 3 aromatic rings. The van der Waals surface area contributed by atoms with Gasteiger partial charge in [0.2, 0.25) is 5.91 Å². The van der Waals surface area contributed by atoms with E-state index in [1.165, 1.54) is 37.0 Å². The van der Waals surface area contributed by atoms with Gasteiger partial charge in [0.25, 0.3) is 10.0 Å². The van der Waals surface area contributed by atoms with Crippen molar-refractivity contribution in [1.82, 2.24) is 10.2 Å². The summed E-state index contributed by atoms with van der Waals surface area (Å²) in [5.41, 5.74) is 3.41. The SMILES string of the molecule is Cc1ccc(S(=O)(=O)N(CC(=O)NCc2ccc(CN3CCCCC3)cc2)c2ccccc2Cl)cc1. The van der Waals surface area contributed by atoms with Gasteiger partial charge in [0.15, 0.2) is 0 Å². The number of carbonyl (C=O) groups excluding carboxylic acids is 1. The highest BCUT2D eigenvalue weighted by molar-refractivity contribution is 7.92. The van der Waals surface area contributed by atoms with Crippen molar-refractivity contribution >= 4 is 33.2 Å². The van der Waals surface area contributed by atoms with E-state index in [4.69, 9.17) is 11.6 Å². The Hall–Kier alpha value is -2.87. The van der Waals surface area contributed by atoms with Crippen LogP contribution in [0.5, 0.6) is 0 Å². The molecule has 0 spiro atoms. The molecule has 36 heavy (non-hydrogen) atoms. The number of anilines is 1. The molecule has 0 bridgehead atoms. The minimum absolute atomic E-state index is 0.102. The molecule has 190 valence electrons. The molecule has 1 saturated heterocycles. The first-order valence-electron chi connectivity index (χ1n) is 12.2. The number of hydrogen-bond donors (Lipinski definition) is 1. The van der Waals surface area contributed by atoms with Crippen molar-refractivity contribution in [3.8, 4) is 0 Å². The van der Waals surface area contributed by atoms with Crippen LogP contribution in [0, 0.1) is 6.92 Å². The number of halogens is 1. The van der Waals surface area contributed by atoms with Crippen molar-refractivity contribution in [2.24, 2.45) is 0 Å². The number of amides is 1. The summed E-state index contributed by atoms with van der Waals surface area (Å²) in [6, 6.07) is 21.4. The summed E-state index contributed by atoms with van der Waals surface area (Å²) >= 11 is 6.34. The number of nitrogens with zero attached hydrogens (tertiary/aromatic N) is 2. The maximum atomic E-state index is 13.5. The van der Waals surface area contributed by atoms with E-state index < -0.39 is 15.9 Å². The minimum Gasteiger partial charge on any atom is -0.350 e. The van der Waals surface area contributed by atoms with Crippen LogP contribution in [-0.4, -0.2) is 38.9 Å². The average molecular weight is 526 g/mol. The van der Waals surface area contributed by atoms with Gasteiger partial charge < -0.3 is 5.32 Å². The van der Waals surface area contributed by atoms with Crippen LogP contribution < -0.4 is 9.62 Å². The quantitative estimate of drug-likeness (QED) is 0.419. The van der Waals surface area contributed by atoms with E-state index in [1.54, 1.807) is 36.4 Å². The predicted octanol–water partition coefficient (Wildman–Crippen LogP) is 5.15. The van der Waals surface area contributed by atoms with Gasteiger partial charge in [-0.3, -0.25) is 14.0 Å². The first-order valence-corrected chi connectivity index (χ1v) is 14.1. The summed E-state index contributed by atoms with van der Waals surface area (Å²) in [4.78, 5) is 15.5. The summed E-state index contributed by atoms with van der Waals surface area (Å²) in [5.74, 6) is -0.414. The number of carbonyl (C=O) groups is 1. The minimum atomic E-state index is -4.01. The Kier molecular flexibility index (Phi) is 8.67. The highest BCUT2D eigenvalue weighted by Gasteiger charge is 2.28. The molecule has 0 aromatic heterocycles. The number of para-hydroxylation sites is 1. The van der Waals surface area contributed by atoms with Crippen molar-refractivity contribution in [3.05, 3.63) is 94.5 Å². The lowest BCUT2D eigenvalue weighted by Crippen LogP contribution is -2.40. The summed E-state index contributed by atoms with van der Waals surface area (Å²) in [5, 5.41) is 3.11. The fourth-order valence-electron chi connectivity index (χ4n) is 4.32. The monoisotopic (exact) mass is 525 g/mol. The number of rotatable bonds is 9. The molecule has 8 heteroatoms. The molecule has 0 atom stereocenters. The Morgan fingerprint density at radius 3 is 2.22 bits per heavy atom. The number of likely N-dealkylation sites (tertiary alicyclic amines) is 1. The second-order valence-corrected chi connectivity index (χ2v) is 11.5. The van der Waals surface area contributed by atoms with Gasteiger partial charge in [-0.2, -0.15) is 0 Å². The molecule has 0 unspecified atom stereocenters. The highest BCUT2D eigenvalue weighted by Crippen LogP contribution is 2.30. The summed E-state index contributed by atoms with van der Waals surface area (Å²) < 4.78 is 28.0. The molecule has 1 aliphatic heterocycles. The summed E-state index contributed by atoms with van der Waals surface area (Å²) in [6.45, 7) is 5.04. The third-order valence-electron chi connectivity index (χ3n) is 6.38. The lowest BCUT2D eigenvalue weighted by molar-refractivity contribution is -0.119. The van der Waals surface area contributed by atoms with Crippen LogP contribution >= 0.6 is 11.6 Å². The molecule has 1 fully saturated rings. The van der Waals surface area contributed by atoms with E-state index >= 15 is 0 Å². The van der Waals surface area contributed by atoms with E-state index in [0.29, 0.717) is 6.54 Å². The van der Waals surface area contributed by atoms with Crippen molar-refractivity contribution < 1.29 is 13.2 Å². The van der Waals surface area contributed by atoms with Gasteiger partial charge in [-0.15, -0.1) is 0 Å². The molecule has 3 aromatic carbocycles. The average Bonchev–Trinajstić information content (AvgIpc) is 2.88. The third-order valence-corrected chi connectivity index (χ3v) is 8.48. The van der Waals surface area contributed by atoms with Crippen LogP contribution in [0.1, 0.15) is 36.0 Å². The molecule has 0 saturated carbocycles. The fraction of sp³-hybridized carbons (Fsp3) is 0.321. The van der Waals surface area contributed by atoms with Crippen molar-refractivity contribution in [3.63, 3.8) is 0 Å². The number of aryl methyl sites for hydroxylation is 1. The first-order chi connectivity index (χ1) is 17.3. The lowest BCUT2D eigenvalue weighted by Gasteiger charge is -2.26. The maximum absolute atomic E-state index is 13.5. The van der Waals surface area contributed by atoms with Gasteiger partial charge in [0, 0.05) is 13.1 Å². The Labute approximate surface area is 218 Å². The third kappa shape index (κ3) is 6.66. The standard InChI is InChI=1S/C28H32ClN3O3S/c1-22-9-15-25(16-10-22)36(34,35)32(27-8-4-3-7-26(27)29)21-28(33)30-19-23-11-13-24(14-12-23)20-31-17-5-2-6-18-31/h3-4,7-16H,2,5-6,17-21H2,1H3,(H,30,33). The van der Waals surface area contributed by atoms with Crippen LogP contribution in [-0.2, 0) is 27.9 Å². The Bertz CT molecular complexity index is 1270. The molecule has 4 rings (SSSR count). The summed E-state index contributed by atoms with van der Waals surface area (Å²) in [6.07, 6.45) is 3.83. The van der Waals surface area contributed by atoms with Crippen molar-refractivity contribution in [1.29, 1.82) is 0 Å². The molecule has 1 heterocycles. The molecule has 1 aliphatic rings. The zero-order chi connectivity index (χ0) is 25.5. The van der Waals surface area contributed by atoms with E-state index in [0.717, 1.165) is 35.1 Å². The number of piperidine rings is 1. The maximum Gasteiger partial charge on any atom is 0.264 e. The molecule has 0 aliphatic carbocycles. The van der Waals surface area contributed by atoms with Gasteiger partial charge in [-0.05, 0) is 68.2 Å². The van der Waals surface area contributed by atoms with E-state index in [9.17, 15) is 13.2 Å². The second kappa shape index (κ2) is 11.9. The number of nitrogens with one attached hydrogen (secondary N) is 1. The lowest BCUT2D eigenvalue weighted by atomic mass is 10.1. The largest absolute Gasteiger partial charge is 0.350 e.